The minimum Gasteiger partial charge on any atom is -0.465 e. The molecule has 196 valence electrons. The van der Waals surface area contributed by atoms with E-state index >= 15 is 0 Å². The Kier molecular flexibility index (Phi) is 7.77. The third-order valence-electron chi connectivity index (χ3n) is 7.13. The second-order valence-electron chi connectivity index (χ2n) is 10.4. The molecule has 0 saturated carbocycles. The topological polar surface area (TPSA) is 120 Å². The molecule has 2 saturated heterocycles. The van der Waals surface area contributed by atoms with Crippen LogP contribution in [0.5, 0.6) is 0 Å². The highest BCUT2D eigenvalue weighted by atomic mass is 16.4. The van der Waals surface area contributed by atoms with Gasteiger partial charge in [-0.05, 0) is 60.0 Å². The Morgan fingerprint density at radius 2 is 2.03 bits per heavy atom. The normalized spacial score (nSPS) is 22.9. The van der Waals surface area contributed by atoms with Crippen LogP contribution in [0.3, 0.4) is 0 Å². The van der Waals surface area contributed by atoms with Crippen LogP contribution in [0.1, 0.15) is 45.0 Å². The molecule has 2 fully saturated rings. The highest BCUT2D eigenvalue weighted by Gasteiger charge is 2.40. The van der Waals surface area contributed by atoms with Crippen molar-refractivity contribution in [1.29, 1.82) is 0 Å². The highest BCUT2D eigenvalue weighted by Crippen LogP contribution is 2.32. The summed E-state index contributed by atoms with van der Waals surface area (Å²) in [7, 11) is 3.91. The number of aromatic nitrogens is 4. The van der Waals surface area contributed by atoms with Crippen LogP contribution in [0.25, 0.3) is 11.2 Å². The van der Waals surface area contributed by atoms with Crippen molar-refractivity contribution >= 4 is 29.0 Å². The average molecular weight is 499 g/mol. The number of carbonyl (C=O) groups is 2. The van der Waals surface area contributed by atoms with Crippen molar-refractivity contribution in [2.24, 2.45) is 5.92 Å². The lowest BCUT2D eigenvalue weighted by atomic mass is 9.87. The smallest absolute Gasteiger partial charge is 0.407 e. The SMILES string of the molecule is Cc1nc(NC2CCN(C(=O)O)C(C3CCN(C(=O)/C=C/CN(C)C)C3)C2)c2ncn(C(C)C)c2n1. The summed E-state index contributed by atoms with van der Waals surface area (Å²) in [6.07, 6.45) is 6.52. The van der Waals surface area contributed by atoms with Crippen LogP contribution >= 0.6 is 0 Å². The molecule has 3 unspecified atom stereocenters. The molecule has 4 rings (SSSR count). The number of carbonyl (C=O) groups excluding carboxylic acids is 1. The number of likely N-dealkylation sites (N-methyl/N-ethyl adjacent to an activating group) is 1. The van der Waals surface area contributed by atoms with E-state index < -0.39 is 6.09 Å². The summed E-state index contributed by atoms with van der Waals surface area (Å²) in [6, 6.07) is 0.118. The van der Waals surface area contributed by atoms with Crippen molar-refractivity contribution in [1.82, 2.24) is 34.2 Å². The first kappa shape index (κ1) is 25.9. The molecule has 36 heavy (non-hydrogen) atoms. The minimum atomic E-state index is -0.898. The van der Waals surface area contributed by atoms with Gasteiger partial charge in [-0.3, -0.25) is 4.79 Å². The maximum Gasteiger partial charge on any atom is 0.407 e. The number of hydrogen-bond acceptors (Lipinski definition) is 7. The van der Waals surface area contributed by atoms with Crippen LogP contribution in [0.2, 0.25) is 0 Å². The molecule has 2 aliphatic rings. The Balaban J connectivity index is 1.48. The second kappa shape index (κ2) is 10.8. The van der Waals surface area contributed by atoms with E-state index in [-0.39, 0.29) is 30.0 Å². The Morgan fingerprint density at radius 1 is 1.25 bits per heavy atom. The third-order valence-corrected chi connectivity index (χ3v) is 7.13. The highest BCUT2D eigenvalue weighted by molar-refractivity contribution is 5.87. The van der Waals surface area contributed by atoms with Crippen molar-refractivity contribution in [3.8, 4) is 0 Å². The summed E-state index contributed by atoms with van der Waals surface area (Å²) in [5, 5.41) is 13.5. The van der Waals surface area contributed by atoms with Gasteiger partial charge in [-0.15, -0.1) is 0 Å². The lowest BCUT2D eigenvalue weighted by Gasteiger charge is -2.41. The van der Waals surface area contributed by atoms with E-state index in [9.17, 15) is 14.7 Å². The van der Waals surface area contributed by atoms with Gasteiger partial charge in [0, 0.05) is 50.4 Å². The average Bonchev–Trinajstić information content (AvgIpc) is 3.46. The quantitative estimate of drug-likeness (QED) is 0.559. The zero-order chi connectivity index (χ0) is 26.0. The van der Waals surface area contributed by atoms with Gasteiger partial charge in [0.1, 0.15) is 11.3 Å². The van der Waals surface area contributed by atoms with E-state index in [4.69, 9.17) is 0 Å². The summed E-state index contributed by atoms with van der Waals surface area (Å²) in [4.78, 5) is 43.9. The summed E-state index contributed by atoms with van der Waals surface area (Å²) >= 11 is 0. The Hall–Kier alpha value is -3.21. The van der Waals surface area contributed by atoms with Crippen molar-refractivity contribution < 1.29 is 14.7 Å². The largest absolute Gasteiger partial charge is 0.465 e. The molecule has 0 aromatic carbocycles. The maximum atomic E-state index is 12.6. The van der Waals surface area contributed by atoms with Crippen molar-refractivity contribution in [2.45, 2.75) is 58.2 Å². The van der Waals surface area contributed by atoms with Crippen LogP contribution in [-0.2, 0) is 4.79 Å². The summed E-state index contributed by atoms with van der Waals surface area (Å²) in [6.45, 7) is 8.42. The molecule has 2 amide bonds. The Labute approximate surface area is 212 Å². The Morgan fingerprint density at radius 3 is 2.72 bits per heavy atom. The number of anilines is 1. The predicted molar refractivity (Wildman–Crippen MR) is 138 cm³/mol. The second-order valence-corrected chi connectivity index (χ2v) is 10.4. The maximum absolute atomic E-state index is 12.6. The van der Waals surface area contributed by atoms with Gasteiger partial charge in [0.25, 0.3) is 0 Å². The van der Waals surface area contributed by atoms with Crippen molar-refractivity contribution in [2.75, 3.05) is 45.6 Å². The van der Waals surface area contributed by atoms with E-state index in [0.29, 0.717) is 50.7 Å². The fraction of sp³-hybridized carbons (Fsp3) is 0.640. The molecule has 2 N–H and O–H groups in total. The van der Waals surface area contributed by atoms with E-state index in [2.05, 4.69) is 34.1 Å². The molecular weight excluding hydrogens is 460 g/mol. The summed E-state index contributed by atoms with van der Waals surface area (Å²) in [5.41, 5.74) is 1.53. The lowest BCUT2D eigenvalue weighted by Crippen LogP contribution is -2.52. The molecule has 4 heterocycles. The molecule has 0 aliphatic carbocycles. The van der Waals surface area contributed by atoms with Crippen molar-refractivity contribution in [3.05, 3.63) is 24.3 Å². The number of hydrogen-bond donors (Lipinski definition) is 2. The zero-order valence-corrected chi connectivity index (χ0v) is 21.9. The van der Waals surface area contributed by atoms with Crippen molar-refractivity contribution in [3.63, 3.8) is 0 Å². The number of nitrogens with zero attached hydrogens (tertiary/aromatic N) is 7. The van der Waals surface area contributed by atoms with Gasteiger partial charge in [-0.25, -0.2) is 19.7 Å². The van der Waals surface area contributed by atoms with Gasteiger partial charge in [0.2, 0.25) is 5.91 Å². The molecule has 11 heteroatoms. The van der Waals surface area contributed by atoms with Crippen LogP contribution in [-0.4, -0.2) is 104 Å². The van der Waals surface area contributed by atoms with Gasteiger partial charge in [0.05, 0.1) is 6.33 Å². The number of amides is 2. The molecule has 0 spiro atoms. The molecule has 0 bridgehead atoms. The first-order valence-electron chi connectivity index (χ1n) is 12.7. The standard InChI is InChI=1S/C25H38N8O3/c1-16(2)33-15-26-22-23(27-17(3)28-24(22)33)29-19-9-12-32(25(35)36)20(13-19)18-8-11-31(14-18)21(34)7-6-10-30(4)5/h6-7,15-16,18-20H,8-14H2,1-5H3,(H,35,36)(H,27,28,29)/b7-6+. The summed E-state index contributed by atoms with van der Waals surface area (Å²) < 4.78 is 2.03. The van der Waals surface area contributed by atoms with Gasteiger partial charge < -0.3 is 29.7 Å². The lowest BCUT2D eigenvalue weighted by molar-refractivity contribution is -0.125. The van der Waals surface area contributed by atoms with E-state index in [1.807, 2.05) is 41.5 Å². The number of carboxylic acid groups (broad SMARTS) is 1. The minimum absolute atomic E-state index is 0.00805. The van der Waals surface area contributed by atoms with Crippen LogP contribution in [0.15, 0.2) is 18.5 Å². The van der Waals surface area contributed by atoms with Gasteiger partial charge in [-0.2, -0.15) is 0 Å². The van der Waals surface area contributed by atoms with Crippen LogP contribution in [0.4, 0.5) is 10.6 Å². The van der Waals surface area contributed by atoms with Gasteiger partial charge in [-0.1, -0.05) is 6.08 Å². The summed E-state index contributed by atoms with van der Waals surface area (Å²) in [5.74, 6) is 1.45. The van der Waals surface area contributed by atoms with Gasteiger partial charge in [0.15, 0.2) is 11.5 Å². The number of fused-ring (bicyclic) bond motifs is 1. The predicted octanol–water partition coefficient (Wildman–Crippen LogP) is 2.60. The third kappa shape index (κ3) is 5.61. The molecule has 2 aromatic heterocycles. The molecule has 11 nitrogen and oxygen atoms in total. The first-order chi connectivity index (χ1) is 17.1. The molecular formula is C25H38N8O3. The number of rotatable bonds is 7. The van der Waals surface area contributed by atoms with E-state index in [1.165, 1.54) is 0 Å². The molecule has 3 atom stereocenters. The molecule has 2 aliphatic heterocycles. The van der Waals surface area contributed by atoms with Crippen LogP contribution < -0.4 is 5.32 Å². The zero-order valence-electron chi connectivity index (χ0n) is 21.9. The number of imidazole rings is 1. The van der Waals surface area contributed by atoms with Gasteiger partial charge >= 0.3 is 6.09 Å². The number of nitrogens with one attached hydrogen (secondary N) is 1. The molecule has 2 aromatic rings. The van der Waals surface area contributed by atoms with Crippen LogP contribution in [0, 0.1) is 12.8 Å². The number of piperidine rings is 1. The first-order valence-corrected chi connectivity index (χ1v) is 12.7. The fourth-order valence-corrected chi connectivity index (χ4v) is 5.28. The monoisotopic (exact) mass is 498 g/mol. The number of likely N-dealkylation sites (tertiary alicyclic amines) is 2. The van der Waals surface area contributed by atoms with E-state index in [0.717, 1.165) is 17.6 Å². The van der Waals surface area contributed by atoms with E-state index in [1.54, 1.807) is 17.3 Å². The Bertz CT molecular complexity index is 1130. The number of aryl methyl sites for hydroxylation is 1. The molecule has 0 radical (unpaired) electrons. The fourth-order valence-electron chi connectivity index (χ4n) is 5.28.